The van der Waals surface area contributed by atoms with Crippen molar-refractivity contribution in [2.75, 3.05) is 6.54 Å². The Morgan fingerprint density at radius 3 is 3.00 bits per heavy atom. The molecule has 0 radical (unpaired) electrons. The van der Waals surface area contributed by atoms with Crippen LogP contribution in [0, 0.1) is 0 Å². The predicted octanol–water partition coefficient (Wildman–Crippen LogP) is 2.43. The van der Waals surface area contributed by atoms with E-state index in [1.807, 2.05) is 12.3 Å². The Hall–Kier alpha value is -0.800. The standard InChI is InChI=1S/C10H11BrN2/c11-8-2-1-3-9-10(8)7(4-5-12)6-13-9/h1-3,6,13H,4-5,12H2. The van der Waals surface area contributed by atoms with Crippen LogP contribution in [0.5, 0.6) is 0 Å². The summed E-state index contributed by atoms with van der Waals surface area (Å²) in [7, 11) is 0. The van der Waals surface area contributed by atoms with Gasteiger partial charge in [-0.25, -0.2) is 0 Å². The molecule has 1 aromatic heterocycles. The van der Waals surface area contributed by atoms with Gasteiger partial charge in [-0.3, -0.25) is 0 Å². The van der Waals surface area contributed by atoms with Crippen LogP contribution in [-0.2, 0) is 6.42 Å². The number of aromatic amines is 1. The average Bonchev–Trinajstić information content (AvgIpc) is 2.51. The molecule has 3 N–H and O–H groups in total. The fraction of sp³-hybridized carbons (Fsp3) is 0.200. The average molecular weight is 239 g/mol. The number of hydrogen-bond donors (Lipinski definition) is 2. The van der Waals surface area contributed by atoms with Crippen molar-refractivity contribution in [2.24, 2.45) is 5.73 Å². The monoisotopic (exact) mass is 238 g/mol. The van der Waals surface area contributed by atoms with E-state index in [-0.39, 0.29) is 0 Å². The summed E-state index contributed by atoms with van der Waals surface area (Å²) in [6.07, 6.45) is 2.95. The number of fused-ring (bicyclic) bond motifs is 1. The number of benzene rings is 1. The maximum Gasteiger partial charge on any atom is 0.0468 e. The van der Waals surface area contributed by atoms with Crippen molar-refractivity contribution >= 4 is 26.8 Å². The molecule has 1 heterocycles. The van der Waals surface area contributed by atoms with Crippen LogP contribution in [0.2, 0.25) is 0 Å². The van der Waals surface area contributed by atoms with Crippen molar-refractivity contribution < 1.29 is 0 Å². The lowest BCUT2D eigenvalue weighted by molar-refractivity contribution is 0.976. The molecule has 0 saturated heterocycles. The highest BCUT2D eigenvalue weighted by molar-refractivity contribution is 9.10. The highest BCUT2D eigenvalue weighted by atomic mass is 79.9. The summed E-state index contributed by atoms with van der Waals surface area (Å²) in [5.41, 5.74) is 7.98. The van der Waals surface area contributed by atoms with Crippen LogP contribution in [-0.4, -0.2) is 11.5 Å². The Balaban J connectivity index is 2.64. The minimum Gasteiger partial charge on any atom is -0.361 e. The molecule has 0 fully saturated rings. The first-order valence-corrected chi connectivity index (χ1v) is 5.07. The summed E-state index contributed by atoms with van der Waals surface area (Å²) in [6.45, 7) is 0.689. The van der Waals surface area contributed by atoms with E-state index in [1.165, 1.54) is 10.9 Å². The molecule has 2 rings (SSSR count). The number of rotatable bonds is 2. The summed E-state index contributed by atoms with van der Waals surface area (Å²) >= 11 is 3.54. The van der Waals surface area contributed by atoms with Gasteiger partial charge in [0.15, 0.2) is 0 Å². The van der Waals surface area contributed by atoms with Gasteiger partial charge in [-0.2, -0.15) is 0 Å². The first-order chi connectivity index (χ1) is 6.33. The summed E-state index contributed by atoms with van der Waals surface area (Å²) in [6, 6.07) is 6.14. The number of aromatic nitrogens is 1. The Morgan fingerprint density at radius 2 is 2.23 bits per heavy atom. The fourth-order valence-electron chi connectivity index (χ4n) is 1.56. The summed E-state index contributed by atoms with van der Waals surface area (Å²) in [5.74, 6) is 0. The minimum absolute atomic E-state index is 0.689. The summed E-state index contributed by atoms with van der Waals surface area (Å²) in [4.78, 5) is 3.23. The first-order valence-electron chi connectivity index (χ1n) is 4.27. The van der Waals surface area contributed by atoms with Crippen molar-refractivity contribution in [2.45, 2.75) is 6.42 Å². The molecule has 1 aromatic carbocycles. The van der Waals surface area contributed by atoms with Gasteiger partial charge in [0.25, 0.3) is 0 Å². The second-order valence-corrected chi connectivity index (χ2v) is 3.87. The lowest BCUT2D eigenvalue weighted by atomic mass is 10.1. The summed E-state index contributed by atoms with van der Waals surface area (Å²) < 4.78 is 1.13. The normalized spacial score (nSPS) is 10.9. The number of halogens is 1. The maximum absolute atomic E-state index is 5.53. The van der Waals surface area contributed by atoms with Crippen LogP contribution in [0.3, 0.4) is 0 Å². The minimum atomic E-state index is 0.689. The lowest BCUT2D eigenvalue weighted by Gasteiger charge is -1.98. The van der Waals surface area contributed by atoms with Gasteiger partial charge in [-0.15, -0.1) is 0 Å². The van der Waals surface area contributed by atoms with E-state index in [0.717, 1.165) is 16.4 Å². The molecule has 2 aromatic rings. The largest absolute Gasteiger partial charge is 0.361 e. The topological polar surface area (TPSA) is 41.8 Å². The van der Waals surface area contributed by atoms with Crippen molar-refractivity contribution in [3.05, 3.63) is 34.4 Å². The first kappa shape index (κ1) is 8.78. The van der Waals surface area contributed by atoms with Gasteiger partial charge >= 0.3 is 0 Å². The fourth-order valence-corrected chi connectivity index (χ4v) is 2.18. The van der Waals surface area contributed by atoms with Gasteiger partial charge in [0.05, 0.1) is 0 Å². The van der Waals surface area contributed by atoms with Gasteiger partial charge in [-0.05, 0) is 30.7 Å². The van der Waals surface area contributed by atoms with Crippen molar-refractivity contribution in [1.82, 2.24) is 4.98 Å². The Morgan fingerprint density at radius 1 is 1.38 bits per heavy atom. The van der Waals surface area contributed by atoms with E-state index in [4.69, 9.17) is 5.73 Å². The zero-order valence-corrected chi connectivity index (χ0v) is 8.76. The molecule has 0 spiro atoms. The molecule has 68 valence electrons. The molecule has 0 unspecified atom stereocenters. The van der Waals surface area contributed by atoms with Crippen LogP contribution < -0.4 is 5.73 Å². The van der Waals surface area contributed by atoms with Gasteiger partial charge in [-0.1, -0.05) is 22.0 Å². The van der Waals surface area contributed by atoms with Crippen LogP contribution in [0.1, 0.15) is 5.56 Å². The molecule has 3 heteroatoms. The van der Waals surface area contributed by atoms with Gasteiger partial charge < -0.3 is 10.7 Å². The number of hydrogen-bond acceptors (Lipinski definition) is 1. The molecule has 0 aliphatic carbocycles. The van der Waals surface area contributed by atoms with Crippen LogP contribution in [0.25, 0.3) is 10.9 Å². The molecule has 0 atom stereocenters. The van der Waals surface area contributed by atoms with Gasteiger partial charge in [0.2, 0.25) is 0 Å². The highest BCUT2D eigenvalue weighted by Gasteiger charge is 2.05. The Labute approximate surface area is 85.3 Å². The SMILES string of the molecule is NCCc1c[nH]c2cccc(Br)c12. The third kappa shape index (κ3) is 1.49. The zero-order chi connectivity index (χ0) is 9.26. The quantitative estimate of drug-likeness (QED) is 0.830. The highest BCUT2D eigenvalue weighted by Crippen LogP contribution is 2.26. The van der Waals surface area contributed by atoms with Gasteiger partial charge in [0.1, 0.15) is 0 Å². The van der Waals surface area contributed by atoms with E-state index in [0.29, 0.717) is 6.54 Å². The molecule has 0 amide bonds. The van der Waals surface area contributed by atoms with Crippen LogP contribution in [0.4, 0.5) is 0 Å². The molecule has 13 heavy (non-hydrogen) atoms. The van der Waals surface area contributed by atoms with E-state index in [2.05, 4.69) is 33.0 Å². The predicted molar refractivity (Wildman–Crippen MR) is 58.8 cm³/mol. The Bertz CT molecular complexity index is 420. The molecule has 0 aliphatic heterocycles. The van der Waals surface area contributed by atoms with E-state index >= 15 is 0 Å². The molecular formula is C10H11BrN2. The molecule has 2 nitrogen and oxygen atoms in total. The smallest absolute Gasteiger partial charge is 0.0468 e. The van der Waals surface area contributed by atoms with E-state index in [9.17, 15) is 0 Å². The third-order valence-corrected chi connectivity index (χ3v) is 2.81. The van der Waals surface area contributed by atoms with Crippen LogP contribution in [0.15, 0.2) is 28.9 Å². The zero-order valence-electron chi connectivity index (χ0n) is 7.18. The molecule has 0 bridgehead atoms. The molecule has 0 saturated carbocycles. The number of H-pyrrole nitrogens is 1. The molecule has 0 aliphatic rings. The molecular weight excluding hydrogens is 228 g/mol. The number of nitrogens with two attached hydrogens (primary N) is 1. The second kappa shape index (κ2) is 3.52. The van der Waals surface area contributed by atoms with Crippen molar-refractivity contribution in [1.29, 1.82) is 0 Å². The Kier molecular flexibility index (Phi) is 2.38. The van der Waals surface area contributed by atoms with Crippen LogP contribution >= 0.6 is 15.9 Å². The van der Waals surface area contributed by atoms with Crippen molar-refractivity contribution in [3.8, 4) is 0 Å². The maximum atomic E-state index is 5.53. The van der Waals surface area contributed by atoms with Gasteiger partial charge in [0, 0.05) is 21.6 Å². The second-order valence-electron chi connectivity index (χ2n) is 3.01. The number of nitrogens with one attached hydrogen (secondary N) is 1. The summed E-state index contributed by atoms with van der Waals surface area (Å²) in [5, 5.41) is 1.26. The van der Waals surface area contributed by atoms with Crippen molar-refractivity contribution in [3.63, 3.8) is 0 Å². The van der Waals surface area contributed by atoms with E-state index in [1.54, 1.807) is 0 Å². The van der Waals surface area contributed by atoms with E-state index < -0.39 is 0 Å². The lowest BCUT2D eigenvalue weighted by Crippen LogP contribution is -2.01. The third-order valence-electron chi connectivity index (χ3n) is 2.15.